The van der Waals surface area contributed by atoms with Crippen molar-refractivity contribution in [3.05, 3.63) is 80.7 Å². The number of benzene rings is 1. The van der Waals surface area contributed by atoms with Gasteiger partial charge < -0.3 is 20.0 Å². The van der Waals surface area contributed by atoms with E-state index in [0.717, 1.165) is 101 Å². The molecule has 316 valence electrons. The van der Waals surface area contributed by atoms with Crippen LogP contribution in [0.2, 0.25) is 0 Å². The summed E-state index contributed by atoms with van der Waals surface area (Å²) >= 11 is 0. The number of nitrogens with one attached hydrogen (secondary N) is 2. The number of pyridine rings is 1. The van der Waals surface area contributed by atoms with Gasteiger partial charge in [-0.15, -0.1) is 0 Å². The van der Waals surface area contributed by atoms with E-state index in [0.29, 0.717) is 52.8 Å². The van der Waals surface area contributed by atoms with Gasteiger partial charge in [0.25, 0.3) is 11.5 Å². The van der Waals surface area contributed by atoms with Crippen molar-refractivity contribution in [1.29, 1.82) is 0 Å². The SMILES string of the molecule is C=N/C(=C\C=C(/C)N1CCN(CCC2CCN(c3ccc4c(c3)CN(C3CCC(=O)NC3=O)C4=O)CC2)CC1)Nc1ncc2c(C)c(C(C)=O)c(=O)n(C3CCCC3)c2n1. The molecule has 6 heterocycles. The number of carbonyl (C=O) groups is 4. The molecule has 0 radical (unpaired) electrons. The molecule has 4 aliphatic heterocycles. The van der Waals surface area contributed by atoms with Gasteiger partial charge in [0.1, 0.15) is 17.5 Å². The summed E-state index contributed by atoms with van der Waals surface area (Å²) in [6.07, 6.45) is 13.5. The van der Waals surface area contributed by atoms with Gasteiger partial charge in [-0.25, -0.2) is 9.98 Å². The molecule has 0 bridgehead atoms. The van der Waals surface area contributed by atoms with Gasteiger partial charge in [-0.2, -0.15) is 4.98 Å². The zero-order chi connectivity index (χ0) is 42.1. The lowest BCUT2D eigenvalue weighted by atomic mass is 9.92. The lowest BCUT2D eigenvalue weighted by Gasteiger charge is -2.38. The Morgan fingerprint density at radius 3 is 2.43 bits per heavy atom. The van der Waals surface area contributed by atoms with Crippen LogP contribution >= 0.6 is 0 Å². The van der Waals surface area contributed by atoms with E-state index in [4.69, 9.17) is 4.98 Å². The molecule has 4 fully saturated rings. The molecule has 3 saturated heterocycles. The zero-order valence-electron chi connectivity index (χ0n) is 35.0. The largest absolute Gasteiger partial charge is 0.372 e. The molecule has 15 heteroatoms. The standard InChI is InChI=1S/C45H56N10O5/c1-28(9-13-38(46-4)48-45-47-26-36-29(2)40(30(3)56)44(60)55(41(36)50-45)33-7-5-6-8-33)52-23-21-51(22-24-52)18-15-31-16-19-53(20-17-31)34-10-11-35-32(25-34)27-54(43(35)59)37-12-14-39(57)49-42(37)58/h9-11,13,25-26,31,33,37H,4-8,12,14-24,27H2,1-3H3,(H,47,48,50)(H,49,57,58)/b28-9+,38-13+. The number of ketones is 1. The van der Waals surface area contributed by atoms with Crippen molar-refractivity contribution in [2.45, 2.75) is 97.2 Å². The Labute approximate surface area is 350 Å². The molecule has 15 nitrogen and oxygen atoms in total. The van der Waals surface area contributed by atoms with Crippen LogP contribution < -0.4 is 21.1 Å². The van der Waals surface area contributed by atoms with Crippen LogP contribution in [0.25, 0.3) is 11.0 Å². The van der Waals surface area contributed by atoms with Crippen molar-refractivity contribution >= 4 is 52.9 Å². The molecule has 1 unspecified atom stereocenters. The summed E-state index contributed by atoms with van der Waals surface area (Å²) < 4.78 is 1.71. The number of hydrogen-bond acceptors (Lipinski definition) is 12. The molecule has 3 amide bonds. The third kappa shape index (κ3) is 8.36. The fourth-order valence-corrected chi connectivity index (χ4v) is 9.79. The van der Waals surface area contributed by atoms with Gasteiger partial charge in [0.15, 0.2) is 5.78 Å². The monoisotopic (exact) mass is 816 g/mol. The first-order valence-corrected chi connectivity index (χ1v) is 21.5. The van der Waals surface area contributed by atoms with Gasteiger partial charge in [-0.05, 0) is 120 Å². The van der Waals surface area contributed by atoms with Gasteiger partial charge in [0.2, 0.25) is 17.8 Å². The topological polar surface area (TPSA) is 165 Å². The van der Waals surface area contributed by atoms with E-state index in [1.165, 1.54) is 13.3 Å². The van der Waals surface area contributed by atoms with Crippen molar-refractivity contribution < 1.29 is 19.2 Å². The molecule has 1 aromatic carbocycles. The number of carbonyl (C=O) groups excluding carboxylic acids is 4. The molecular formula is C45H56N10O5. The van der Waals surface area contributed by atoms with E-state index in [-0.39, 0.29) is 47.1 Å². The molecule has 60 heavy (non-hydrogen) atoms. The smallest absolute Gasteiger partial charge is 0.263 e. The summed E-state index contributed by atoms with van der Waals surface area (Å²) in [5.74, 6) is 0.440. The third-order valence-corrected chi connectivity index (χ3v) is 13.4. The van der Waals surface area contributed by atoms with Crippen LogP contribution in [0.1, 0.15) is 110 Å². The summed E-state index contributed by atoms with van der Waals surface area (Å²) in [7, 11) is 0. The number of imide groups is 1. The van der Waals surface area contributed by atoms with Crippen LogP contribution in [0, 0.1) is 12.8 Å². The maximum absolute atomic E-state index is 13.6. The number of Topliss-reactive ketones (excluding diaryl/α,β-unsaturated/α-hetero) is 1. The number of anilines is 2. The number of rotatable bonds is 12. The third-order valence-electron chi connectivity index (χ3n) is 13.4. The lowest BCUT2D eigenvalue weighted by Crippen LogP contribution is -2.52. The molecule has 0 spiro atoms. The Morgan fingerprint density at radius 1 is 0.983 bits per heavy atom. The lowest BCUT2D eigenvalue weighted by molar-refractivity contribution is -0.136. The highest BCUT2D eigenvalue weighted by atomic mass is 16.2. The Kier molecular flexibility index (Phi) is 12.0. The van der Waals surface area contributed by atoms with Crippen LogP contribution in [0.3, 0.4) is 0 Å². The molecule has 8 rings (SSSR count). The number of piperazine rings is 1. The minimum atomic E-state index is -0.598. The second-order valence-electron chi connectivity index (χ2n) is 17.0. The van der Waals surface area contributed by atoms with Crippen molar-refractivity contribution in [3.63, 3.8) is 0 Å². The van der Waals surface area contributed by atoms with E-state index < -0.39 is 6.04 Å². The molecule has 1 atom stereocenters. The second kappa shape index (κ2) is 17.5. The summed E-state index contributed by atoms with van der Waals surface area (Å²) in [6.45, 7) is 16.4. The van der Waals surface area contributed by atoms with Crippen molar-refractivity contribution in [3.8, 4) is 0 Å². The predicted molar refractivity (Wildman–Crippen MR) is 231 cm³/mol. The first kappa shape index (κ1) is 41.1. The highest BCUT2D eigenvalue weighted by Crippen LogP contribution is 2.34. The van der Waals surface area contributed by atoms with E-state index in [1.54, 1.807) is 22.6 Å². The number of aromatic nitrogens is 3. The van der Waals surface area contributed by atoms with E-state index in [1.807, 2.05) is 24.3 Å². The van der Waals surface area contributed by atoms with E-state index in [9.17, 15) is 24.0 Å². The van der Waals surface area contributed by atoms with Gasteiger partial charge in [0, 0.05) is 86.8 Å². The maximum atomic E-state index is 13.6. The normalized spacial score (nSPS) is 21.2. The number of allylic oxidation sites excluding steroid dienone is 3. The van der Waals surface area contributed by atoms with Crippen LogP contribution in [-0.4, -0.2) is 111 Å². The van der Waals surface area contributed by atoms with E-state index >= 15 is 0 Å². The van der Waals surface area contributed by atoms with Gasteiger partial charge in [-0.3, -0.25) is 38.8 Å². The molecule has 1 saturated carbocycles. The molecule has 2 aromatic heterocycles. The molecular weight excluding hydrogens is 761 g/mol. The zero-order valence-corrected chi connectivity index (χ0v) is 35.0. The Hall–Kier alpha value is -5.70. The fourth-order valence-electron chi connectivity index (χ4n) is 9.79. The van der Waals surface area contributed by atoms with Crippen molar-refractivity contribution in [1.82, 2.24) is 34.6 Å². The van der Waals surface area contributed by atoms with Crippen LogP contribution in [-0.2, 0) is 16.1 Å². The van der Waals surface area contributed by atoms with Gasteiger partial charge in [0.05, 0.1) is 5.56 Å². The minimum absolute atomic E-state index is 0.000729. The number of hydrogen-bond donors (Lipinski definition) is 2. The highest BCUT2D eigenvalue weighted by molar-refractivity contribution is 6.05. The average Bonchev–Trinajstić information content (AvgIpc) is 3.89. The quantitative estimate of drug-likeness (QED) is 0.110. The molecule has 5 aliphatic rings. The first-order valence-electron chi connectivity index (χ1n) is 21.5. The van der Waals surface area contributed by atoms with Crippen LogP contribution in [0.15, 0.2) is 57.9 Å². The summed E-state index contributed by atoms with van der Waals surface area (Å²) in [6, 6.07) is 5.44. The van der Waals surface area contributed by atoms with Crippen molar-refractivity contribution in [2.24, 2.45) is 10.9 Å². The molecule has 3 aromatic rings. The number of fused-ring (bicyclic) bond motifs is 2. The average molecular weight is 817 g/mol. The second-order valence-corrected chi connectivity index (χ2v) is 17.0. The Morgan fingerprint density at radius 2 is 1.73 bits per heavy atom. The van der Waals surface area contributed by atoms with Crippen LogP contribution in [0.4, 0.5) is 11.6 Å². The molecule has 2 N–H and O–H groups in total. The number of nitrogens with zero attached hydrogens (tertiary/aromatic N) is 8. The number of amides is 3. The maximum Gasteiger partial charge on any atom is 0.263 e. The van der Waals surface area contributed by atoms with E-state index in [2.05, 4.69) is 55.0 Å². The fraction of sp³-hybridized carbons (Fsp3) is 0.511. The number of piperidine rings is 2. The number of aliphatic imine (C=N–C) groups is 1. The predicted octanol–water partition coefficient (Wildman–Crippen LogP) is 4.96. The molecule has 1 aliphatic carbocycles. The highest BCUT2D eigenvalue weighted by Gasteiger charge is 2.39. The summed E-state index contributed by atoms with van der Waals surface area (Å²) in [5.41, 5.74) is 4.93. The summed E-state index contributed by atoms with van der Waals surface area (Å²) in [4.78, 5) is 85.8. The van der Waals surface area contributed by atoms with Gasteiger partial charge >= 0.3 is 0 Å². The van der Waals surface area contributed by atoms with Gasteiger partial charge in [-0.1, -0.05) is 12.8 Å². The summed E-state index contributed by atoms with van der Waals surface area (Å²) in [5, 5.41) is 6.26. The minimum Gasteiger partial charge on any atom is -0.372 e. The van der Waals surface area contributed by atoms with Crippen molar-refractivity contribution in [2.75, 3.05) is 56.0 Å². The first-order chi connectivity index (χ1) is 29.0. The Balaban J connectivity index is 0.810. The van der Waals surface area contributed by atoms with Crippen LogP contribution in [0.5, 0.6) is 0 Å². The Bertz CT molecular complexity index is 2330. The number of aryl methyl sites for hydroxylation is 1.